The summed E-state index contributed by atoms with van der Waals surface area (Å²) in [6.07, 6.45) is 0. The Morgan fingerprint density at radius 2 is 1.95 bits per heavy atom. The minimum Gasteiger partial charge on any atom is -0.379 e. The molecule has 0 aliphatic carbocycles. The first-order valence-electron chi connectivity index (χ1n) is 6.06. The molecule has 0 aliphatic rings. The lowest BCUT2D eigenvalue weighted by molar-refractivity contribution is 1.12. The lowest BCUT2D eigenvalue weighted by Crippen LogP contribution is -1.98. The van der Waals surface area contributed by atoms with Crippen LogP contribution < -0.4 is 5.32 Å². The molecule has 0 bridgehead atoms. The first kappa shape index (κ1) is 12.5. The smallest absolute Gasteiger partial charge is 0.113 e. The van der Waals surface area contributed by atoms with Crippen LogP contribution in [0, 0.1) is 6.92 Å². The summed E-state index contributed by atoms with van der Waals surface area (Å²) in [6.45, 7) is 2.82. The van der Waals surface area contributed by atoms with Crippen LogP contribution in [0.1, 0.15) is 10.6 Å². The second-order valence-electron chi connectivity index (χ2n) is 4.44. The van der Waals surface area contributed by atoms with Gasteiger partial charge in [-0.2, -0.15) is 0 Å². The molecule has 0 aliphatic heterocycles. The number of aromatic nitrogens is 1. The van der Waals surface area contributed by atoms with Gasteiger partial charge in [-0.05, 0) is 37.3 Å². The molecule has 2 aromatic carbocycles. The van der Waals surface area contributed by atoms with Crippen LogP contribution in [0.5, 0.6) is 0 Å². The first-order chi connectivity index (χ1) is 9.20. The van der Waals surface area contributed by atoms with E-state index in [4.69, 9.17) is 11.6 Å². The fraction of sp³-hybridized carbons (Fsp3) is 0.133. The van der Waals surface area contributed by atoms with E-state index in [1.54, 1.807) is 11.3 Å². The molecule has 3 aromatic rings. The van der Waals surface area contributed by atoms with Gasteiger partial charge in [0.25, 0.3) is 0 Å². The van der Waals surface area contributed by atoms with Crippen molar-refractivity contribution in [1.29, 1.82) is 0 Å². The Morgan fingerprint density at radius 1 is 1.16 bits per heavy atom. The van der Waals surface area contributed by atoms with Gasteiger partial charge in [-0.15, -0.1) is 11.3 Å². The van der Waals surface area contributed by atoms with E-state index >= 15 is 0 Å². The molecule has 0 radical (unpaired) electrons. The quantitative estimate of drug-likeness (QED) is 0.744. The molecule has 96 valence electrons. The number of rotatable bonds is 3. The Bertz CT molecular complexity index is 704. The molecule has 0 fully saturated rings. The van der Waals surface area contributed by atoms with E-state index in [2.05, 4.69) is 41.5 Å². The molecule has 0 atom stereocenters. The average molecular weight is 289 g/mol. The SMILES string of the molecule is Cc1ccc(NCc2nc3ccc(Cl)cc3s2)cc1. The van der Waals surface area contributed by atoms with Gasteiger partial charge in [0, 0.05) is 10.7 Å². The first-order valence-corrected chi connectivity index (χ1v) is 7.26. The number of hydrogen-bond acceptors (Lipinski definition) is 3. The highest BCUT2D eigenvalue weighted by Crippen LogP contribution is 2.25. The summed E-state index contributed by atoms with van der Waals surface area (Å²) in [5.74, 6) is 0. The molecule has 0 spiro atoms. The molecule has 3 rings (SSSR count). The van der Waals surface area contributed by atoms with E-state index in [1.165, 1.54) is 5.56 Å². The third kappa shape index (κ3) is 2.88. The molecule has 1 heterocycles. The highest BCUT2D eigenvalue weighted by atomic mass is 35.5. The largest absolute Gasteiger partial charge is 0.379 e. The Hall–Kier alpha value is -1.58. The third-order valence-electron chi connectivity index (χ3n) is 2.89. The highest BCUT2D eigenvalue weighted by Gasteiger charge is 2.04. The van der Waals surface area contributed by atoms with Crippen LogP contribution in [0.15, 0.2) is 42.5 Å². The van der Waals surface area contributed by atoms with E-state index in [0.29, 0.717) is 0 Å². The van der Waals surface area contributed by atoms with Gasteiger partial charge < -0.3 is 5.32 Å². The van der Waals surface area contributed by atoms with E-state index < -0.39 is 0 Å². The number of nitrogens with one attached hydrogen (secondary N) is 1. The summed E-state index contributed by atoms with van der Waals surface area (Å²) >= 11 is 7.65. The zero-order chi connectivity index (χ0) is 13.2. The normalized spacial score (nSPS) is 10.8. The van der Waals surface area contributed by atoms with Gasteiger partial charge in [-0.25, -0.2) is 4.98 Å². The van der Waals surface area contributed by atoms with Crippen LogP contribution in [-0.4, -0.2) is 4.98 Å². The van der Waals surface area contributed by atoms with Gasteiger partial charge >= 0.3 is 0 Å². The van der Waals surface area contributed by atoms with Crippen molar-refractivity contribution in [3.8, 4) is 0 Å². The summed E-state index contributed by atoms with van der Waals surface area (Å²) in [6, 6.07) is 14.2. The number of halogens is 1. The van der Waals surface area contributed by atoms with Crippen LogP contribution in [0.2, 0.25) is 5.02 Å². The Labute approximate surface area is 121 Å². The third-order valence-corrected chi connectivity index (χ3v) is 4.14. The van der Waals surface area contributed by atoms with Crippen molar-refractivity contribution >= 4 is 38.8 Å². The van der Waals surface area contributed by atoms with Crippen molar-refractivity contribution < 1.29 is 0 Å². The standard InChI is InChI=1S/C15H13ClN2S/c1-10-2-5-12(6-3-10)17-9-15-18-13-7-4-11(16)8-14(13)19-15/h2-8,17H,9H2,1H3. The number of aryl methyl sites for hydroxylation is 1. The number of hydrogen-bond donors (Lipinski definition) is 1. The van der Waals surface area contributed by atoms with Crippen molar-refractivity contribution in [1.82, 2.24) is 4.98 Å². The summed E-state index contributed by atoms with van der Waals surface area (Å²) in [5, 5.41) is 5.20. The fourth-order valence-corrected chi connectivity index (χ4v) is 3.05. The average Bonchev–Trinajstić information content (AvgIpc) is 2.80. The predicted octanol–water partition coefficient (Wildman–Crippen LogP) is 4.87. The maximum absolute atomic E-state index is 5.98. The van der Waals surface area contributed by atoms with Gasteiger partial charge in [0.05, 0.1) is 16.8 Å². The van der Waals surface area contributed by atoms with Crippen LogP contribution in [0.4, 0.5) is 5.69 Å². The minimum atomic E-state index is 0.736. The molecule has 0 saturated heterocycles. The predicted molar refractivity (Wildman–Crippen MR) is 83.1 cm³/mol. The molecule has 0 unspecified atom stereocenters. The maximum Gasteiger partial charge on any atom is 0.113 e. The number of thiazole rings is 1. The molecular formula is C15H13ClN2S. The van der Waals surface area contributed by atoms with Crippen molar-refractivity contribution in [3.05, 3.63) is 58.1 Å². The van der Waals surface area contributed by atoms with Crippen LogP contribution in [0.25, 0.3) is 10.2 Å². The second kappa shape index (κ2) is 5.19. The minimum absolute atomic E-state index is 0.736. The number of fused-ring (bicyclic) bond motifs is 1. The van der Waals surface area contributed by atoms with Gasteiger partial charge in [-0.3, -0.25) is 0 Å². The molecule has 19 heavy (non-hydrogen) atoms. The van der Waals surface area contributed by atoms with Crippen molar-refractivity contribution in [2.45, 2.75) is 13.5 Å². The molecule has 1 N–H and O–H groups in total. The van der Waals surface area contributed by atoms with Gasteiger partial charge in [0.15, 0.2) is 0 Å². The van der Waals surface area contributed by atoms with E-state index in [-0.39, 0.29) is 0 Å². The van der Waals surface area contributed by atoms with Gasteiger partial charge in [0.2, 0.25) is 0 Å². The molecule has 0 saturated carbocycles. The second-order valence-corrected chi connectivity index (χ2v) is 5.99. The number of nitrogens with zero attached hydrogens (tertiary/aromatic N) is 1. The van der Waals surface area contributed by atoms with E-state index in [9.17, 15) is 0 Å². The number of benzene rings is 2. The molecule has 4 heteroatoms. The Morgan fingerprint density at radius 3 is 2.74 bits per heavy atom. The van der Waals surface area contributed by atoms with Crippen molar-refractivity contribution in [2.24, 2.45) is 0 Å². The highest BCUT2D eigenvalue weighted by molar-refractivity contribution is 7.18. The topological polar surface area (TPSA) is 24.9 Å². The Kier molecular flexibility index (Phi) is 3.40. The summed E-state index contributed by atoms with van der Waals surface area (Å²) in [4.78, 5) is 4.58. The van der Waals surface area contributed by atoms with E-state index in [1.807, 2.05) is 18.2 Å². The van der Waals surface area contributed by atoms with E-state index in [0.717, 1.165) is 32.5 Å². The van der Waals surface area contributed by atoms with Crippen LogP contribution in [-0.2, 0) is 6.54 Å². The lowest BCUT2D eigenvalue weighted by atomic mass is 10.2. The zero-order valence-corrected chi connectivity index (χ0v) is 12.1. The van der Waals surface area contributed by atoms with Crippen LogP contribution >= 0.6 is 22.9 Å². The maximum atomic E-state index is 5.98. The van der Waals surface area contributed by atoms with Gasteiger partial charge in [0.1, 0.15) is 5.01 Å². The zero-order valence-electron chi connectivity index (χ0n) is 10.5. The van der Waals surface area contributed by atoms with Crippen molar-refractivity contribution in [3.63, 3.8) is 0 Å². The Balaban J connectivity index is 1.76. The summed E-state index contributed by atoms with van der Waals surface area (Å²) in [5.41, 5.74) is 3.39. The monoisotopic (exact) mass is 288 g/mol. The molecule has 0 amide bonds. The molecular weight excluding hydrogens is 276 g/mol. The van der Waals surface area contributed by atoms with Gasteiger partial charge in [-0.1, -0.05) is 29.3 Å². The summed E-state index contributed by atoms with van der Waals surface area (Å²) in [7, 11) is 0. The fourth-order valence-electron chi connectivity index (χ4n) is 1.87. The van der Waals surface area contributed by atoms with Crippen molar-refractivity contribution in [2.75, 3.05) is 5.32 Å². The van der Waals surface area contributed by atoms with Crippen LogP contribution in [0.3, 0.4) is 0 Å². The molecule has 2 nitrogen and oxygen atoms in total. The summed E-state index contributed by atoms with van der Waals surface area (Å²) < 4.78 is 1.13. The molecule has 1 aromatic heterocycles. The lowest BCUT2D eigenvalue weighted by Gasteiger charge is -2.03. The number of anilines is 1.